The monoisotopic (exact) mass is 288 g/mol. The van der Waals surface area contributed by atoms with E-state index in [1.54, 1.807) is 6.07 Å². The molecule has 0 spiro atoms. The van der Waals surface area contributed by atoms with Crippen LogP contribution in [0.4, 0.5) is 0 Å². The van der Waals surface area contributed by atoms with Crippen LogP contribution in [0, 0.1) is 0 Å². The highest BCUT2D eigenvalue weighted by Crippen LogP contribution is 2.22. The summed E-state index contributed by atoms with van der Waals surface area (Å²) in [5.41, 5.74) is 1.48. The molecule has 0 N–H and O–H groups in total. The molecule has 3 rings (SSSR count). The summed E-state index contributed by atoms with van der Waals surface area (Å²) in [5.74, 6) is -0.449. The van der Waals surface area contributed by atoms with E-state index >= 15 is 0 Å². The van der Waals surface area contributed by atoms with Gasteiger partial charge in [0.15, 0.2) is 6.10 Å². The number of likely N-dealkylation sites (N-methyl/N-ethyl adjacent to an activating group) is 1. The molecular weight excluding hydrogens is 268 g/mol. The summed E-state index contributed by atoms with van der Waals surface area (Å²) in [6.07, 6.45) is 0.767. The number of hydrogen-bond donors (Lipinski definition) is 0. The number of nitrogens with zero attached hydrogens (tertiary/aromatic N) is 2. The Morgan fingerprint density at radius 2 is 2.00 bits per heavy atom. The Balaban J connectivity index is 1.73. The summed E-state index contributed by atoms with van der Waals surface area (Å²) >= 11 is 0. The SMILES string of the molecule is CN1CCCN(C(=O)[C@@H]2Cc3ccccc3C(=O)O2)CC1. The first-order valence-corrected chi connectivity index (χ1v) is 7.41. The molecule has 2 aliphatic heterocycles. The second-order valence-corrected chi connectivity index (χ2v) is 5.74. The van der Waals surface area contributed by atoms with Gasteiger partial charge in [-0.15, -0.1) is 0 Å². The smallest absolute Gasteiger partial charge is 0.339 e. The minimum absolute atomic E-state index is 0.0619. The molecule has 0 aliphatic carbocycles. The molecule has 1 fully saturated rings. The molecule has 5 nitrogen and oxygen atoms in total. The van der Waals surface area contributed by atoms with Crippen molar-refractivity contribution in [1.82, 2.24) is 9.80 Å². The third-order valence-corrected chi connectivity index (χ3v) is 4.20. The quantitative estimate of drug-likeness (QED) is 0.722. The fourth-order valence-electron chi connectivity index (χ4n) is 2.94. The summed E-state index contributed by atoms with van der Waals surface area (Å²) in [5, 5.41) is 0. The van der Waals surface area contributed by atoms with Crippen LogP contribution in [-0.2, 0) is 16.0 Å². The minimum atomic E-state index is -0.671. The molecule has 2 heterocycles. The average Bonchev–Trinajstić information content (AvgIpc) is 2.71. The van der Waals surface area contributed by atoms with Crippen LogP contribution in [0.5, 0.6) is 0 Å². The number of carbonyl (C=O) groups excluding carboxylic acids is 2. The number of benzene rings is 1. The number of ether oxygens (including phenoxy) is 1. The van der Waals surface area contributed by atoms with E-state index < -0.39 is 6.10 Å². The first-order valence-electron chi connectivity index (χ1n) is 7.41. The predicted octanol–water partition coefficient (Wildman–Crippen LogP) is 0.932. The van der Waals surface area contributed by atoms with Gasteiger partial charge in [-0.1, -0.05) is 18.2 Å². The van der Waals surface area contributed by atoms with Crippen molar-refractivity contribution in [3.63, 3.8) is 0 Å². The lowest BCUT2D eigenvalue weighted by Gasteiger charge is -2.29. The van der Waals surface area contributed by atoms with Crippen molar-refractivity contribution in [3.8, 4) is 0 Å². The Morgan fingerprint density at radius 3 is 2.86 bits per heavy atom. The largest absolute Gasteiger partial charge is 0.448 e. The molecule has 1 amide bonds. The molecule has 1 aromatic rings. The lowest BCUT2D eigenvalue weighted by molar-refractivity contribution is -0.141. The van der Waals surface area contributed by atoms with Crippen molar-refractivity contribution in [2.24, 2.45) is 0 Å². The molecule has 5 heteroatoms. The number of amides is 1. The summed E-state index contributed by atoms with van der Waals surface area (Å²) in [7, 11) is 2.06. The van der Waals surface area contributed by atoms with Crippen molar-refractivity contribution < 1.29 is 14.3 Å². The van der Waals surface area contributed by atoms with Gasteiger partial charge >= 0.3 is 5.97 Å². The summed E-state index contributed by atoms with van der Waals surface area (Å²) in [6, 6.07) is 7.35. The van der Waals surface area contributed by atoms with Crippen molar-refractivity contribution >= 4 is 11.9 Å². The fraction of sp³-hybridized carbons (Fsp3) is 0.500. The average molecular weight is 288 g/mol. The number of hydrogen-bond acceptors (Lipinski definition) is 4. The summed E-state index contributed by atoms with van der Waals surface area (Å²) < 4.78 is 5.35. The second-order valence-electron chi connectivity index (χ2n) is 5.74. The van der Waals surface area contributed by atoms with E-state index in [9.17, 15) is 9.59 Å². The lowest BCUT2D eigenvalue weighted by Crippen LogP contribution is -2.45. The summed E-state index contributed by atoms with van der Waals surface area (Å²) in [4.78, 5) is 28.6. The van der Waals surface area contributed by atoms with Gasteiger partial charge < -0.3 is 14.5 Å². The maximum atomic E-state index is 12.6. The fourth-order valence-corrected chi connectivity index (χ4v) is 2.94. The lowest BCUT2D eigenvalue weighted by atomic mass is 9.98. The molecular formula is C16H20N2O3. The van der Waals surface area contributed by atoms with Gasteiger partial charge in [0.2, 0.25) is 0 Å². The Kier molecular flexibility index (Phi) is 3.92. The first kappa shape index (κ1) is 14.1. The first-order chi connectivity index (χ1) is 10.1. The Hall–Kier alpha value is -1.88. The highest BCUT2D eigenvalue weighted by atomic mass is 16.5. The third-order valence-electron chi connectivity index (χ3n) is 4.20. The van der Waals surface area contributed by atoms with Crippen LogP contribution in [0.1, 0.15) is 22.3 Å². The van der Waals surface area contributed by atoms with Gasteiger partial charge in [0.25, 0.3) is 5.91 Å². The van der Waals surface area contributed by atoms with Crippen LogP contribution in [0.3, 0.4) is 0 Å². The van der Waals surface area contributed by atoms with E-state index in [4.69, 9.17) is 4.74 Å². The number of esters is 1. The van der Waals surface area contributed by atoms with Gasteiger partial charge in [-0.2, -0.15) is 0 Å². The number of carbonyl (C=O) groups is 2. The topological polar surface area (TPSA) is 49.9 Å². The molecule has 1 aromatic carbocycles. The van der Waals surface area contributed by atoms with Crippen molar-refractivity contribution in [2.75, 3.05) is 33.2 Å². The Morgan fingerprint density at radius 1 is 1.19 bits per heavy atom. The number of rotatable bonds is 1. The van der Waals surface area contributed by atoms with E-state index in [1.165, 1.54) is 0 Å². The predicted molar refractivity (Wildman–Crippen MR) is 78.0 cm³/mol. The van der Waals surface area contributed by atoms with Crippen molar-refractivity contribution in [1.29, 1.82) is 0 Å². The van der Waals surface area contributed by atoms with Crippen LogP contribution in [0.2, 0.25) is 0 Å². The molecule has 0 saturated carbocycles. The molecule has 21 heavy (non-hydrogen) atoms. The number of cyclic esters (lactones) is 1. The summed E-state index contributed by atoms with van der Waals surface area (Å²) in [6.45, 7) is 3.30. The second kappa shape index (κ2) is 5.85. The van der Waals surface area contributed by atoms with E-state index in [0.717, 1.165) is 31.6 Å². The van der Waals surface area contributed by atoms with E-state index in [-0.39, 0.29) is 11.9 Å². The van der Waals surface area contributed by atoms with Crippen molar-refractivity contribution in [2.45, 2.75) is 18.9 Å². The van der Waals surface area contributed by atoms with Crippen molar-refractivity contribution in [3.05, 3.63) is 35.4 Å². The molecule has 1 atom stereocenters. The zero-order valence-electron chi connectivity index (χ0n) is 12.2. The maximum Gasteiger partial charge on any atom is 0.339 e. The standard InChI is InChI=1S/C16H20N2O3/c1-17-7-4-8-18(10-9-17)15(19)14-11-12-5-2-3-6-13(12)16(20)21-14/h2-3,5-6,14H,4,7-11H2,1H3/t14-/m0/s1. The van der Waals surface area contributed by atoms with Crippen LogP contribution in [0.15, 0.2) is 24.3 Å². The van der Waals surface area contributed by atoms with E-state index in [2.05, 4.69) is 11.9 Å². The number of fused-ring (bicyclic) bond motifs is 1. The highest BCUT2D eigenvalue weighted by molar-refractivity contribution is 5.95. The van der Waals surface area contributed by atoms with Crippen LogP contribution in [0.25, 0.3) is 0 Å². The highest BCUT2D eigenvalue weighted by Gasteiger charge is 2.34. The van der Waals surface area contributed by atoms with Gasteiger partial charge in [0, 0.05) is 26.1 Å². The van der Waals surface area contributed by atoms with Gasteiger partial charge in [-0.25, -0.2) is 4.79 Å². The minimum Gasteiger partial charge on any atom is -0.448 e. The molecule has 0 bridgehead atoms. The Bertz CT molecular complexity index is 558. The third kappa shape index (κ3) is 2.93. The zero-order chi connectivity index (χ0) is 14.8. The zero-order valence-corrected chi connectivity index (χ0v) is 12.2. The molecule has 0 radical (unpaired) electrons. The maximum absolute atomic E-state index is 12.6. The van der Waals surface area contributed by atoms with E-state index in [1.807, 2.05) is 23.1 Å². The van der Waals surface area contributed by atoms with Crippen LogP contribution in [-0.4, -0.2) is 61.0 Å². The Labute approximate surface area is 124 Å². The molecule has 112 valence electrons. The molecule has 0 unspecified atom stereocenters. The van der Waals surface area contributed by atoms with Crippen LogP contribution >= 0.6 is 0 Å². The van der Waals surface area contributed by atoms with Gasteiger partial charge in [0.05, 0.1) is 5.56 Å². The van der Waals surface area contributed by atoms with Gasteiger partial charge in [0.1, 0.15) is 0 Å². The van der Waals surface area contributed by atoms with E-state index in [0.29, 0.717) is 18.5 Å². The molecule has 1 saturated heterocycles. The molecule has 2 aliphatic rings. The molecule has 0 aromatic heterocycles. The van der Waals surface area contributed by atoms with Crippen LogP contribution < -0.4 is 0 Å². The normalized spacial score (nSPS) is 23.2. The van der Waals surface area contributed by atoms with Gasteiger partial charge in [-0.05, 0) is 31.6 Å². The van der Waals surface area contributed by atoms with Gasteiger partial charge in [-0.3, -0.25) is 4.79 Å².